The number of hydrogen-bond acceptors (Lipinski definition) is 4. The molecule has 2 aliphatic rings. The molecular formula is C21H28N4OS. The van der Waals surface area contributed by atoms with Gasteiger partial charge in [-0.3, -0.25) is 5.32 Å². The molecular weight excluding hydrogens is 356 g/mol. The summed E-state index contributed by atoms with van der Waals surface area (Å²) in [5, 5.41) is 3.75. The number of hydrogen-bond donors (Lipinski definition) is 1. The van der Waals surface area contributed by atoms with Gasteiger partial charge in [0.05, 0.1) is 5.69 Å². The van der Waals surface area contributed by atoms with Crippen LogP contribution in [0.2, 0.25) is 0 Å². The summed E-state index contributed by atoms with van der Waals surface area (Å²) in [4.78, 5) is 22.9. The van der Waals surface area contributed by atoms with E-state index in [1.165, 1.54) is 53.9 Å². The lowest BCUT2D eigenvalue weighted by Gasteiger charge is -2.24. The highest BCUT2D eigenvalue weighted by molar-refractivity contribution is 7.15. The molecule has 1 fully saturated rings. The summed E-state index contributed by atoms with van der Waals surface area (Å²) >= 11 is 1.65. The van der Waals surface area contributed by atoms with Crippen molar-refractivity contribution in [1.29, 1.82) is 0 Å². The molecule has 1 aliphatic heterocycles. The number of urea groups is 1. The highest BCUT2D eigenvalue weighted by Gasteiger charge is 2.19. The van der Waals surface area contributed by atoms with E-state index in [1.807, 2.05) is 7.05 Å². The lowest BCUT2D eigenvalue weighted by Crippen LogP contribution is -2.31. The molecule has 0 bridgehead atoms. The van der Waals surface area contributed by atoms with Crippen molar-refractivity contribution in [2.24, 2.45) is 0 Å². The van der Waals surface area contributed by atoms with Gasteiger partial charge >= 0.3 is 6.03 Å². The number of thiazole rings is 1. The predicted molar refractivity (Wildman–Crippen MR) is 112 cm³/mol. The Kier molecular flexibility index (Phi) is 5.62. The van der Waals surface area contributed by atoms with E-state index in [4.69, 9.17) is 0 Å². The van der Waals surface area contributed by atoms with Crippen LogP contribution in [0.25, 0.3) is 0 Å². The molecule has 0 spiro atoms. The molecule has 0 unspecified atom stereocenters. The molecule has 1 aromatic heterocycles. The number of rotatable bonds is 4. The summed E-state index contributed by atoms with van der Waals surface area (Å²) in [5.41, 5.74) is 3.65. The van der Waals surface area contributed by atoms with E-state index >= 15 is 0 Å². The zero-order valence-electron chi connectivity index (χ0n) is 16.0. The van der Waals surface area contributed by atoms with Gasteiger partial charge in [0.25, 0.3) is 0 Å². The van der Waals surface area contributed by atoms with E-state index in [0.29, 0.717) is 6.54 Å². The normalized spacial score (nSPS) is 16.7. The first-order chi connectivity index (χ1) is 13.2. The number of fused-ring (bicyclic) bond motifs is 1. The number of carbonyl (C=O) groups is 1. The number of para-hydroxylation sites is 1. The van der Waals surface area contributed by atoms with Gasteiger partial charge in [0.1, 0.15) is 0 Å². The van der Waals surface area contributed by atoms with Gasteiger partial charge in [-0.2, -0.15) is 0 Å². The largest absolute Gasteiger partial charge is 0.371 e. The van der Waals surface area contributed by atoms with E-state index in [1.54, 1.807) is 16.2 Å². The fourth-order valence-corrected chi connectivity index (χ4v) is 5.05. The third kappa shape index (κ3) is 4.26. The van der Waals surface area contributed by atoms with Crippen molar-refractivity contribution in [3.8, 4) is 0 Å². The summed E-state index contributed by atoms with van der Waals surface area (Å²) in [6.45, 7) is 2.82. The Balaban J connectivity index is 1.41. The summed E-state index contributed by atoms with van der Waals surface area (Å²) in [6, 6.07) is 8.35. The smallest absolute Gasteiger partial charge is 0.323 e. The minimum Gasteiger partial charge on any atom is -0.371 e. The Hall–Kier alpha value is -2.08. The van der Waals surface area contributed by atoms with E-state index in [2.05, 4.69) is 39.5 Å². The van der Waals surface area contributed by atoms with Crippen LogP contribution in [0.4, 0.5) is 15.6 Å². The van der Waals surface area contributed by atoms with Gasteiger partial charge < -0.3 is 9.80 Å². The molecule has 5 nitrogen and oxygen atoms in total. The first kappa shape index (κ1) is 18.3. The molecule has 1 saturated heterocycles. The zero-order chi connectivity index (χ0) is 18.6. The van der Waals surface area contributed by atoms with E-state index < -0.39 is 0 Å². The van der Waals surface area contributed by atoms with Crippen molar-refractivity contribution >= 4 is 28.2 Å². The van der Waals surface area contributed by atoms with Crippen LogP contribution < -0.4 is 10.2 Å². The number of anilines is 2. The second-order valence-electron chi connectivity index (χ2n) is 7.56. The molecule has 0 saturated carbocycles. The number of carbonyl (C=O) groups excluding carboxylic acids is 1. The fourth-order valence-electron chi connectivity index (χ4n) is 4.01. The van der Waals surface area contributed by atoms with Gasteiger partial charge in [-0.15, -0.1) is 11.3 Å². The summed E-state index contributed by atoms with van der Waals surface area (Å²) in [7, 11) is 1.86. The van der Waals surface area contributed by atoms with Crippen LogP contribution in [0.1, 0.15) is 48.2 Å². The molecule has 27 heavy (non-hydrogen) atoms. The Bertz CT molecular complexity index is 774. The molecule has 144 valence electrons. The fraction of sp³-hybridized carbons (Fsp3) is 0.524. The Morgan fingerprint density at radius 3 is 2.78 bits per heavy atom. The lowest BCUT2D eigenvalue weighted by molar-refractivity contribution is 0.220. The molecule has 4 rings (SSSR count). The molecule has 1 N–H and O–H groups in total. The number of nitrogens with zero attached hydrogens (tertiary/aromatic N) is 3. The zero-order valence-corrected chi connectivity index (χ0v) is 16.9. The van der Waals surface area contributed by atoms with E-state index in [9.17, 15) is 4.79 Å². The number of benzene rings is 1. The number of nitrogens with one attached hydrogen (secondary N) is 1. The van der Waals surface area contributed by atoms with Crippen molar-refractivity contribution in [3.63, 3.8) is 0 Å². The number of amides is 2. The third-order valence-corrected chi connectivity index (χ3v) is 6.57. The first-order valence-corrected chi connectivity index (χ1v) is 10.9. The highest BCUT2D eigenvalue weighted by atomic mass is 32.1. The molecule has 1 aromatic carbocycles. The number of aromatic nitrogens is 1. The second-order valence-corrected chi connectivity index (χ2v) is 8.64. The minimum absolute atomic E-state index is 0.0878. The van der Waals surface area contributed by atoms with Crippen molar-refractivity contribution in [2.45, 2.75) is 51.5 Å². The molecule has 0 radical (unpaired) electrons. The van der Waals surface area contributed by atoms with Crippen molar-refractivity contribution in [1.82, 2.24) is 9.88 Å². The number of aryl methyl sites for hydroxylation is 2. The molecule has 2 amide bonds. The average molecular weight is 385 g/mol. The standard InChI is InChI=1S/C21H28N4OS/c1-24(15-16-9-5-6-11-18(16)25-13-7-8-14-25)21(26)23-20-22-17-10-3-2-4-12-19(17)27-20/h5-6,9,11H,2-4,7-8,10,12-15H2,1H3,(H,22,23,26). The van der Waals surface area contributed by atoms with Crippen molar-refractivity contribution < 1.29 is 4.79 Å². The van der Waals surface area contributed by atoms with Crippen LogP contribution in [0.15, 0.2) is 24.3 Å². The minimum atomic E-state index is -0.0878. The third-order valence-electron chi connectivity index (χ3n) is 5.50. The van der Waals surface area contributed by atoms with Crippen LogP contribution in [-0.4, -0.2) is 36.1 Å². The maximum Gasteiger partial charge on any atom is 0.323 e. The molecule has 2 heterocycles. The Labute approximate surface area is 165 Å². The Morgan fingerprint density at radius 1 is 1.15 bits per heavy atom. The molecule has 2 aromatic rings. The van der Waals surface area contributed by atoms with Crippen LogP contribution in [-0.2, 0) is 19.4 Å². The van der Waals surface area contributed by atoms with Crippen LogP contribution in [0.3, 0.4) is 0 Å². The highest BCUT2D eigenvalue weighted by Crippen LogP contribution is 2.29. The lowest BCUT2D eigenvalue weighted by atomic mass is 10.1. The summed E-state index contributed by atoms with van der Waals surface area (Å²) in [6.07, 6.45) is 8.36. The molecule has 0 atom stereocenters. The second kappa shape index (κ2) is 8.30. The quantitative estimate of drug-likeness (QED) is 0.779. The van der Waals surface area contributed by atoms with Crippen LogP contribution in [0.5, 0.6) is 0 Å². The van der Waals surface area contributed by atoms with Crippen molar-refractivity contribution in [2.75, 3.05) is 30.4 Å². The Morgan fingerprint density at radius 2 is 1.93 bits per heavy atom. The van der Waals surface area contributed by atoms with Gasteiger partial charge in [-0.1, -0.05) is 24.6 Å². The average Bonchev–Trinajstić information content (AvgIpc) is 3.28. The van der Waals surface area contributed by atoms with Gasteiger partial charge in [0.15, 0.2) is 5.13 Å². The molecule has 6 heteroatoms. The van der Waals surface area contributed by atoms with Crippen LogP contribution >= 0.6 is 11.3 Å². The van der Waals surface area contributed by atoms with Gasteiger partial charge in [0, 0.05) is 37.2 Å². The summed E-state index contributed by atoms with van der Waals surface area (Å²) < 4.78 is 0. The topological polar surface area (TPSA) is 48.5 Å². The van der Waals surface area contributed by atoms with Crippen molar-refractivity contribution in [3.05, 3.63) is 40.4 Å². The maximum atomic E-state index is 12.7. The van der Waals surface area contributed by atoms with E-state index in [-0.39, 0.29) is 6.03 Å². The van der Waals surface area contributed by atoms with Crippen LogP contribution in [0, 0.1) is 0 Å². The monoisotopic (exact) mass is 384 g/mol. The first-order valence-electron chi connectivity index (χ1n) is 10.0. The summed E-state index contributed by atoms with van der Waals surface area (Å²) in [5.74, 6) is 0. The molecule has 1 aliphatic carbocycles. The SMILES string of the molecule is CN(Cc1ccccc1N1CCCC1)C(=O)Nc1nc2c(s1)CCCCC2. The maximum absolute atomic E-state index is 12.7. The van der Waals surface area contributed by atoms with Gasteiger partial charge in [-0.25, -0.2) is 9.78 Å². The van der Waals surface area contributed by atoms with Gasteiger partial charge in [-0.05, 0) is 50.2 Å². The van der Waals surface area contributed by atoms with Gasteiger partial charge in [0.2, 0.25) is 0 Å². The van der Waals surface area contributed by atoms with E-state index in [0.717, 1.165) is 31.1 Å². The predicted octanol–water partition coefficient (Wildman–Crippen LogP) is 4.68.